The van der Waals surface area contributed by atoms with Crippen molar-refractivity contribution in [3.05, 3.63) is 23.8 Å². The molecular weight excluding hydrogens is 290 g/mol. The van der Waals surface area contributed by atoms with E-state index < -0.39 is 5.91 Å². The molecule has 5 nitrogen and oxygen atoms in total. The minimum atomic E-state index is -0.413. The number of rotatable bonds is 5. The summed E-state index contributed by atoms with van der Waals surface area (Å²) in [5.41, 5.74) is 0.116. The number of carbonyl (C=O) groups excluding carboxylic acids is 1. The number of aromatic hydroxyl groups is 2. The number of methoxy groups -OCH3 is 1. The molecule has 0 aliphatic rings. The van der Waals surface area contributed by atoms with Crippen LogP contribution in [0.3, 0.4) is 0 Å². The third kappa shape index (κ3) is 3.90. The second-order valence-electron chi connectivity index (χ2n) is 3.48. The van der Waals surface area contributed by atoms with E-state index in [-0.39, 0.29) is 23.1 Å². The molecule has 0 aliphatic carbocycles. The van der Waals surface area contributed by atoms with Crippen LogP contribution in [-0.4, -0.2) is 41.2 Å². The van der Waals surface area contributed by atoms with Crippen LogP contribution < -0.4 is 5.32 Å². The molecule has 1 amide bonds. The Morgan fingerprint density at radius 1 is 1.53 bits per heavy atom. The van der Waals surface area contributed by atoms with Gasteiger partial charge in [-0.25, -0.2) is 0 Å². The average molecular weight is 304 g/mol. The molecule has 1 atom stereocenters. The maximum absolute atomic E-state index is 11.8. The van der Waals surface area contributed by atoms with E-state index in [1.54, 1.807) is 7.11 Å². The highest BCUT2D eigenvalue weighted by atomic mass is 79.9. The Morgan fingerprint density at radius 3 is 2.76 bits per heavy atom. The molecule has 0 radical (unpaired) electrons. The summed E-state index contributed by atoms with van der Waals surface area (Å²) in [6, 6.07) is 3.64. The smallest absolute Gasteiger partial charge is 0.255 e. The lowest BCUT2D eigenvalue weighted by molar-refractivity contribution is 0.0905. The van der Waals surface area contributed by atoms with E-state index in [4.69, 9.17) is 9.84 Å². The van der Waals surface area contributed by atoms with Crippen molar-refractivity contribution < 1.29 is 19.7 Å². The van der Waals surface area contributed by atoms with Crippen molar-refractivity contribution in [2.45, 2.75) is 6.04 Å². The molecule has 1 aromatic rings. The van der Waals surface area contributed by atoms with Crippen LogP contribution in [-0.2, 0) is 4.74 Å². The van der Waals surface area contributed by atoms with Crippen LogP contribution in [0.4, 0.5) is 0 Å². The van der Waals surface area contributed by atoms with E-state index in [0.29, 0.717) is 11.9 Å². The van der Waals surface area contributed by atoms with Crippen molar-refractivity contribution in [3.8, 4) is 11.5 Å². The molecule has 94 valence electrons. The van der Waals surface area contributed by atoms with Gasteiger partial charge in [0.15, 0.2) is 0 Å². The van der Waals surface area contributed by atoms with Crippen molar-refractivity contribution in [1.82, 2.24) is 5.32 Å². The summed E-state index contributed by atoms with van der Waals surface area (Å²) in [4.78, 5) is 11.8. The second-order valence-corrected chi connectivity index (χ2v) is 4.13. The van der Waals surface area contributed by atoms with Crippen LogP contribution in [0.25, 0.3) is 0 Å². The van der Waals surface area contributed by atoms with E-state index in [9.17, 15) is 9.90 Å². The van der Waals surface area contributed by atoms with Crippen LogP contribution in [0.5, 0.6) is 11.5 Å². The summed E-state index contributed by atoms with van der Waals surface area (Å²) in [5.74, 6) is -0.759. The molecule has 0 saturated carbocycles. The Kier molecular flexibility index (Phi) is 5.24. The Hall–Kier alpha value is -1.27. The number of amides is 1. The lowest BCUT2D eigenvalue weighted by Crippen LogP contribution is -2.39. The monoisotopic (exact) mass is 303 g/mol. The lowest BCUT2D eigenvalue weighted by atomic mass is 10.1. The van der Waals surface area contributed by atoms with Gasteiger partial charge in [0.25, 0.3) is 5.91 Å². The first-order chi connectivity index (χ1) is 8.08. The van der Waals surface area contributed by atoms with Gasteiger partial charge in [-0.15, -0.1) is 0 Å². The van der Waals surface area contributed by atoms with Gasteiger partial charge in [-0.2, -0.15) is 0 Å². The molecule has 1 unspecified atom stereocenters. The van der Waals surface area contributed by atoms with Crippen LogP contribution in [0, 0.1) is 0 Å². The van der Waals surface area contributed by atoms with E-state index >= 15 is 0 Å². The highest BCUT2D eigenvalue weighted by Gasteiger charge is 2.15. The number of nitrogens with one attached hydrogen (secondary N) is 1. The van der Waals surface area contributed by atoms with Gasteiger partial charge >= 0.3 is 0 Å². The van der Waals surface area contributed by atoms with E-state index in [2.05, 4.69) is 21.2 Å². The van der Waals surface area contributed by atoms with Crippen LogP contribution in [0.15, 0.2) is 18.2 Å². The molecule has 0 spiro atoms. The molecule has 0 fully saturated rings. The van der Waals surface area contributed by atoms with Crippen LogP contribution >= 0.6 is 15.9 Å². The summed E-state index contributed by atoms with van der Waals surface area (Å²) >= 11 is 3.25. The number of alkyl halides is 1. The first-order valence-corrected chi connectivity index (χ1v) is 6.08. The fourth-order valence-corrected chi connectivity index (χ4v) is 1.65. The number of hydrogen-bond acceptors (Lipinski definition) is 4. The van der Waals surface area contributed by atoms with Crippen molar-refractivity contribution in [2.24, 2.45) is 0 Å². The number of benzene rings is 1. The van der Waals surface area contributed by atoms with Crippen molar-refractivity contribution in [3.63, 3.8) is 0 Å². The van der Waals surface area contributed by atoms with E-state index in [1.807, 2.05) is 0 Å². The van der Waals surface area contributed by atoms with Crippen molar-refractivity contribution in [1.29, 1.82) is 0 Å². The van der Waals surface area contributed by atoms with E-state index in [0.717, 1.165) is 6.07 Å². The molecule has 0 heterocycles. The normalized spacial score (nSPS) is 12.1. The van der Waals surface area contributed by atoms with Crippen LogP contribution in [0.2, 0.25) is 0 Å². The molecule has 0 bridgehead atoms. The van der Waals surface area contributed by atoms with Gasteiger partial charge in [-0.05, 0) is 12.1 Å². The Morgan fingerprint density at radius 2 is 2.24 bits per heavy atom. The molecule has 1 rings (SSSR count). The van der Waals surface area contributed by atoms with Gasteiger partial charge in [-0.1, -0.05) is 15.9 Å². The Balaban J connectivity index is 2.75. The first kappa shape index (κ1) is 13.8. The molecule has 0 saturated heterocycles. The summed E-state index contributed by atoms with van der Waals surface area (Å²) in [6.07, 6.45) is 0. The number of halogens is 1. The summed E-state index contributed by atoms with van der Waals surface area (Å²) < 4.78 is 4.93. The minimum Gasteiger partial charge on any atom is -0.508 e. The van der Waals surface area contributed by atoms with Gasteiger partial charge in [-0.3, -0.25) is 4.79 Å². The number of ether oxygens (including phenoxy) is 1. The van der Waals surface area contributed by atoms with Gasteiger partial charge < -0.3 is 20.3 Å². The third-order valence-corrected chi connectivity index (χ3v) is 2.90. The molecule has 1 aromatic carbocycles. The molecule has 6 heteroatoms. The first-order valence-electron chi connectivity index (χ1n) is 4.96. The summed E-state index contributed by atoms with van der Waals surface area (Å²) in [7, 11) is 1.54. The largest absolute Gasteiger partial charge is 0.508 e. The maximum Gasteiger partial charge on any atom is 0.255 e. The molecule has 0 aliphatic heterocycles. The van der Waals surface area contributed by atoms with Crippen molar-refractivity contribution >= 4 is 21.8 Å². The average Bonchev–Trinajstić information content (AvgIpc) is 2.28. The number of hydrogen-bond donors (Lipinski definition) is 3. The lowest BCUT2D eigenvalue weighted by Gasteiger charge is -2.15. The van der Waals surface area contributed by atoms with Gasteiger partial charge in [0.2, 0.25) is 0 Å². The third-order valence-electron chi connectivity index (χ3n) is 2.12. The minimum absolute atomic E-state index is 0.0898. The fourth-order valence-electron chi connectivity index (χ4n) is 1.30. The zero-order valence-electron chi connectivity index (χ0n) is 9.31. The SMILES string of the molecule is COCC(CBr)NC(=O)c1ccc(O)cc1O. The molecular formula is C11H14BrNO4. The fraction of sp³-hybridized carbons (Fsp3) is 0.364. The molecule has 3 N–H and O–H groups in total. The topological polar surface area (TPSA) is 78.8 Å². The van der Waals surface area contributed by atoms with Crippen LogP contribution in [0.1, 0.15) is 10.4 Å². The molecule has 17 heavy (non-hydrogen) atoms. The quantitative estimate of drug-likeness (QED) is 0.715. The van der Waals surface area contributed by atoms with Gasteiger partial charge in [0.05, 0.1) is 18.2 Å². The second kappa shape index (κ2) is 6.46. The molecule has 0 aromatic heterocycles. The number of phenolic OH excluding ortho intramolecular Hbond substituents is 2. The predicted octanol–water partition coefficient (Wildman–Crippen LogP) is 1.24. The summed E-state index contributed by atoms with van der Waals surface area (Å²) in [6.45, 7) is 0.371. The van der Waals surface area contributed by atoms with E-state index in [1.165, 1.54) is 12.1 Å². The Bertz CT molecular complexity index is 397. The van der Waals surface area contributed by atoms with Crippen molar-refractivity contribution in [2.75, 3.05) is 19.0 Å². The number of phenols is 2. The zero-order valence-corrected chi connectivity index (χ0v) is 10.9. The maximum atomic E-state index is 11.8. The predicted molar refractivity (Wildman–Crippen MR) is 66.7 cm³/mol. The van der Waals surface area contributed by atoms with Gasteiger partial charge in [0.1, 0.15) is 11.5 Å². The highest BCUT2D eigenvalue weighted by Crippen LogP contribution is 2.22. The summed E-state index contributed by atoms with van der Waals surface area (Å²) in [5, 5.41) is 21.9. The zero-order chi connectivity index (χ0) is 12.8. The van der Waals surface area contributed by atoms with Gasteiger partial charge in [0, 0.05) is 18.5 Å². The standard InChI is InChI=1S/C11H14BrNO4/c1-17-6-7(5-12)13-11(16)9-3-2-8(14)4-10(9)15/h2-4,7,14-15H,5-6H2,1H3,(H,13,16). The Labute approximate surface area is 108 Å². The number of carbonyl (C=O) groups is 1. The highest BCUT2D eigenvalue weighted by molar-refractivity contribution is 9.09.